The summed E-state index contributed by atoms with van der Waals surface area (Å²) in [5.41, 5.74) is 0. The van der Waals surface area contributed by atoms with Crippen molar-refractivity contribution in [1.29, 1.82) is 0 Å². The average Bonchev–Trinajstić information content (AvgIpc) is 2.29. The Morgan fingerprint density at radius 1 is 1.11 bits per heavy atom. The second-order valence-electron chi connectivity index (χ2n) is 3.75. The van der Waals surface area contributed by atoms with Gasteiger partial charge in [-0.1, -0.05) is 19.8 Å². The lowest BCUT2D eigenvalue weighted by atomic mass is 10.1. The van der Waals surface area contributed by atoms with Gasteiger partial charge in [0.2, 0.25) is 0 Å². The van der Waals surface area contributed by atoms with Crippen LogP contribution in [0, 0.1) is 5.92 Å². The summed E-state index contributed by atoms with van der Waals surface area (Å²) in [6, 6.07) is 0. The van der Waals surface area contributed by atoms with E-state index in [1.807, 2.05) is 6.92 Å². The maximum Gasteiger partial charge on any atom is 0.508 e. The molecule has 0 aliphatic rings. The van der Waals surface area contributed by atoms with Gasteiger partial charge in [-0.3, -0.25) is 9.59 Å². The fourth-order valence-corrected chi connectivity index (χ4v) is 1.15. The van der Waals surface area contributed by atoms with Crippen molar-refractivity contribution in [2.45, 2.75) is 32.6 Å². The minimum atomic E-state index is -1.32. The fraction of sp³-hybridized carbons (Fsp3) is 0.727. The summed E-state index contributed by atoms with van der Waals surface area (Å²) in [6.45, 7) is 1.71. The molecular weight excluding hydrogens is 244 g/mol. The van der Waals surface area contributed by atoms with Gasteiger partial charge in [0.25, 0.3) is 0 Å². The zero-order chi connectivity index (χ0) is 14.0. The van der Waals surface area contributed by atoms with Crippen molar-refractivity contribution in [3.8, 4) is 0 Å². The van der Waals surface area contributed by atoms with Gasteiger partial charge in [-0.25, -0.2) is 4.79 Å². The van der Waals surface area contributed by atoms with Gasteiger partial charge >= 0.3 is 18.1 Å². The first-order chi connectivity index (χ1) is 8.47. The van der Waals surface area contributed by atoms with Gasteiger partial charge in [0, 0.05) is 0 Å². The SMILES string of the molecule is CCCCCOC(=O)OCC(CC(=O)O)C(=O)O. The summed E-state index contributed by atoms with van der Waals surface area (Å²) >= 11 is 0. The van der Waals surface area contributed by atoms with E-state index >= 15 is 0 Å². The smallest absolute Gasteiger partial charge is 0.481 e. The minimum Gasteiger partial charge on any atom is -0.481 e. The Kier molecular flexibility index (Phi) is 8.34. The van der Waals surface area contributed by atoms with Gasteiger partial charge in [0.1, 0.15) is 12.5 Å². The maximum atomic E-state index is 11.0. The van der Waals surface area contributed by atoms with Crippen LogP contribution in [-0.4, -0.2) is 41.5 Å². The summed E-state index contributed by atoms with van der Waals surface area (Å²) in [6.07, 6.45) is 1.05. The number of carboxylic acids is 2. The lowest BCUT2D eigenvalue weighted by Crippen LogP contribution is -2.25. The predicted molar refractivity (Wildman–Crippen MR) is 60.2 cm³/mol. The topological polar surface area (TPSA) is 110 Å². The number of hydrogen-bond acceptors (Lipinski definition) is 5. The maximum absolute atomic E-state index is 11.0. The molecule has 0 fully saturated rings. The lowest BCUT2D eigenvalue weighted by molar-refractivity contribution is -0.149. The van der Waals surface area contributed by atoms with Crippen molar-refractivity contribution in [3.63, 3.8) is 0 Å². The number of ether oxygens (including phenoxy) is 2. The van der Waals surface area contributed by atoms with Crippen molar-refractivity contribution in [1.82, 2.24) is 0 Å². The number of hydrogen-bond donors (Lipinski definition) is 2. The molecule has 1 unspecified atom stereocenters. The highest BCUT2D eigenvalue weighted by Crippen LogP contribution is 2.05. The number of aliphatic carboxylic acids is 2. The zero-order valence-electron chi connectivity index (χ0n) is 10.3. The quantitative estimate of drug-likeness (QED) is 0.478. The molecule has 0 heterocycles. The van der Waals surface area contributed by atoms with Crippen molar-refractivity contribution in [2.75, 3.05) is 13.2 Å². The molecule has 0 bridgehead atoms. The fourth-order valence-electron chi connectivity index (χ4n) is 1.15. The molecule has 0 spiro atoms. The first-order valence-electron chi connectivity index (χ1n) is 5.71. The van der Waals surface area contributed by atoms with E-state index in [0.29, 0.717) is 6.42 Å². The Hall–Kier alpha value is -1.79. The molecule has 104 valence electrons. The van der Waals surface area contributed by atoms with Gasteiger partial charge in [-0.05, 0) is 6.42 Å². The van der Waals surface area contributed by atoms with Crippen LogP contribution in [0.3, 0.4) is 0 Å². The summed E-state index contributed by atoms with van der Waals surface area (Å²) in [4.78, 5) is 32.1. The van der Waals surface area contributed by atoms with Crippen LogP contribution < -0.4 is 0 Å². The monoisotopic (exact) mass is 262 g/mol. The number of unbranched alkanes of at least 4 members (excludes halogenated alkanes) is 2. The molecule has 0 aromatic heterocycles. The number of carbonyl (C=O) groups is 3. The average molecular weight is 262 g/mol. The molecule has 0 aromatic carbocycles. The minimum absolute atomic E-state index is 0.212. The third kappa shape index (κ3) is 8.37. The van der Waals surface area contributed by atoms with E-state index < -0.39 is 37.0 Å². The molecular formula is C11H18O7. The molecule has 0 aromatic rings. The van der Waals surface area contributed by atoms with Crippen LogP contribution in [0.15, 0.2) is 0 Å². The normalized spacial score (nSPS) is 11.6. The largest absolute Gasteiger partial charge is 0.508 e. The van der Waals surface area contributed by atoms with E-state index in [2.05, 4.69) is 9.47 Å². The zero-order valence-corrected chi connectivity index (χ0v) is 10.3. The van der Waals surface area contributed by atoms with Gasteiger partial charge in [0.15, 0.2) is 0 Å². The first-order valence-corrected chi connectivity index (χ1v) is 5.71. The predicted octanol–water partition coefficient (Wildman–Crippen LogP) is 1.51. The summed E-state index contributed by atoms with van der Waals surface area (Å²) in [5, 5.41) is 17.1. The van der Waals surface area contributed by atoms with E-state index in [4.69, 9.17) is 10.2 Å². The second kappa shape index (κ2) is 9.26. The Labute approximate surface area is 105 Å². The van der Waals surface area contributed by atoms with E-state index in [-0.39, 0.29) is 6.61 Å². The molecule has 7 heteroatoms. The highest BCUT2D eigenvalue weighted by Gasteiger charge is 2.23. The molecule has 0 amide bonds. The molecule has 0 saturated carbocycles. The van der Waals surface area contributed by atoms with Gasteiger partial charge in [-0.15, -0.1) is 0 Å². The van der Waals surface area contributed by atoms with Gasteiger partial charge in [0.05, 0.1) is 13.0 Å². The van der Waals surface area contributed by atoms with Crippen LogP contribution in [0.2, 0.25) is 0 Å². The Balaban J connectivity index is 3.85. The van der Waals surface area contributed by atoms with Crippen LogP contribution >= 0.6 is 0 Å². The van der Waals surface area contributed by atoms with Gasteiger partial charge in [-0.2, -0.15) is 0 Å². The van der Waals surface area contributed by atoms with Crippen LogP contribution in [0.5, 0.6) is 0 Å². The Morgan fingerprint density at radius 2 is 1.78 bits per heavy atom. The van der Waals surface area contributed by atoms with E-state index in [0.717, 1.165) is 12.8 Å². The number of rotatable bonds is 9. The molecule has 0 radical (unpaired) electrons. The summed E-state index contributed by atoms with van der Waals surface area (Å²) in [7, 11) is 0. The molecule has 0 aliphatic heterocycles. The highest BCUT2D eigenvalue weighted by atomic mass is 16.7. The van der Waals surface area contributed by atoms with Crippen LogP contribution in [0.1, 0.15) is 32.6 Å². The molecule has 0 saturated heterocycles. The van der Waals surface area contributed by atoms with Crippen molar-refractivity contribution < 1.29 is 34.1 Å². The second-order valence-corrected chi connectivity index (χ2v) is 3.75. The van der Waals surface area contributed by atoms with Crippen LogP contribution in [0.25, 0.3) is 0 Å². The highest BCUT2D eigenvalue weighted by molar-refractivity contribution is 5.78. The number of carbonyl (C=O) groups excluding carboxylic acids is 1. The summed E-state index contributed by atoms with van der Waals surface area (Å²) < 4.78 is 9.22. The third-order valence-corrected chi connectivity index (χ3v) is 2.14. The molecule has 1 atom stereocenters. The Bertz CT molecular complexity index is 287. The van der Waals surface area contributed by atoms with Crippen molar-refractivity contribution in [3.05, 3.63) is 0 Å². The van der Waals surface area contributed by atoms with Crippen molar-refractivity contribution in [2.24, 2.45) is 5.92 Å². The third-order valence-electron chi connectivity index (χ3n) is 2.14. The lowest BCUT2D eigenvalue weighted by Gasteiger charge is -2.10. The van der Waals surface area contributed by atoms with E-state index in [9.17, 15) is 14.4 Å². The molecule has 0 rings (SSSR count). The molecule has 2 N–H and O–H groups in total. The number of carboxylic acid groups (broad SMARTS) is 2. The summed E-state index contributed by atoms with van der Waals surface area (Å²) in [5.74, 6) is -3.84. The molecule has 0 aliphatic carbocycles. The van der Waals surface area contributed by atoms with Gasteiger partial charge < -0.3 is 19.7 Å². The van der Waals surface area contributed by atoms with Crippen LogP contribution in [-0.2, 0) is 19.1 Å². The van der Waals surface area contributed by atoms with E-state index in [1.165, 1.54) is 0 Å². The Morgan fingerprint density at radius 3 is 2.28 bits per heavy atom. The first kappa shape index (κ1) is 16.2. The van der Waals surface area contributed by atoms with Crippen LogP contribution in [0.4, 0.5) is 4.79 Å². The molecule has 7 nitrogen and oxygen atoms in total. The molecule has 18 heavy (non-hydrogen) atoms. The standard InChI is InChI=1S/C11H18O7/c1-2-3-4-5-17-11(16)18-7-8(10(14)15)6-9(12)13/h8H,2-7H2,1H3,(H,12,13)(H,14,15). The van der Waals surface area contributed by atoms with Crippen molar-refractivity contribution >= 4 is 18.1 Å². The van der Waals surface area contributed by atoms with E-state index in [1.54, 1.807) is 0 Å².